The van der Waals surface area contributed by atoms with Crippen LogP contribution in [-0.2, 0) is 9.53 Å². The molecule has 23 heavy (non-hydrogen) atoms. The van der Waals surface area contributed by atoms with Crippen LogP contribution in [0.2, 0.25) is 0 Å². The monoisotopic (exact) mass is 337 g/mol. The smallest absolute Gasteiger partial charge is 0.254 e. The van der Waals surface area contributed by atoms with Crippen LogP contribution in [0.5, 0.6) is 0 Å². The third-order valence-electron chi connectivity index (χ3n) is 4.51. The Morgan fingerprint density at radius 1 is 1.22 bits per heavy atom. The van der Waals surface area contributed by atoms with Gasteiger partial charge in [-0.15, -0.1) is 0 Å². The van der Waals surface area contributed by atoms with E-state index in [4.69, 9.17) is 10.5 Å². The van der Waals surface area contributed by atoms with Crippen LogP contribution in [0, 0.1) is 0 Å². The highest BCUT2D eigenvalue weighted by atomic mass is 32.1. The molecule has 3 heterocycles. The number of ether oxygens (including phenoxy) is 1. The Kier molecular flexibility index (Phi) is 5.30. The van der Waals surface area contributed by atoms with Crippen LogP contribution in [0.1, 0.15) is 29.6 Å². The van der Waals surface area contributed by atoms with Crippen molar-refractivity contribution in [2.75, 3.05) is 32.7 Å². The van der Waals surface area contributed by atoms with Gasteiger partial charge in [0.25, 0.3) is 11.8 Å². The number of amides is 2. The molecule has 2 saturated heterocycles. The van der Waals surface area contributed by atoms with E-state index in [1.165, 1.54) is 11.3 Å². The first kappa shape index (κ1) is 16.4. The Morgan fingerprint density at radius 2 is 2.00 bits per heavy atom. The van der Waals surface area contributed by atoms with Crippen molar-refractivity contribution in [3.05, 3.63) is 22.4 Å². The van der Waals surface area contributed by atoms with Gasteiger partial charge in [0, 0.05) is 38.1 Å². The Morgan fingerprint density at radius 3 is 2.70 bits per heavy atom. The Bertz CT molecular complexity index is 549. The highest BCUT2D eigenvalue weighted by Gasteiger charge is 2.33. The molecule has 2 aliphatic rings. The topological polar surface area (TPSA) is 75.9 Å². The van der Waals surface area contributed by atoms with Crippen LogP contribution >= 0.6 is 11.3 Å². The standard InChI is InChI=1S/C16H23N3O3S/c17-10-13-2-3-14(22-13)16(21)19-6-1-5-18(7-8-19)15(20)12-4-9-23-11-12/h4,9,11,13-14H,1-3,5-8,10,17H2/t13-,14+/m1/s1. The van der Waals surface area contributed by atoms with Crippen molar-refractivity contribution >= 4 is 23.2 Å². The number of rotatable bonds is 3. The summed E-state index contributed by atoms with van der Waals surface area (Å²) < 4.78 is 5.70. The fourth-order valence-corrected chi connectivity index (χ4v) is 3.80. The minimum absolute atomic E-state index is 0.00703. The van der Waals surface area contributed by atoms with Crippen LogP contribution in [-0.4, -0.2) is 66.5 Å². The largest absolute Gasteiger partial charge is 0.364 e. The van der Waals surface area contributed by atoms with E-state index >= 15 is 0 Å². The van der Waals surface area contributed by atoms with Crippen molar-refractivity contribution < 1.29 is 14.3 Å². The van der Waals surface area contributed by atoms with Gasteiger partial charge in [0.1, 0.15) is 6.10 Å². The number of hydrogen-bond donors (Lipinski definition) is 1. The molecule has 2 amide bonds. The van der Waals surface area contributed by atoms with E-state index < -0.39 is 0 Å². The quantitative estimate of drug-likeness (QED) is 0.890. The lowest BCUT2D eigenvalue weighted by Gasteiger charge is -2.24. The first-order valence-corrected chi connectivity index (χ1v) is 9.09. The van der Waals surface area contributed by atoms with Crippen molar-refractivity contribution in [2.24, 2.45) is 5.73 Å². The highest BCUT2D eigenvalue weighted by Crippen LogP contribution is 2.21. The van der Waals surface area contributed by atoms with Gasteiger partial charge in [0.05, 0.1) is 11.7 Å². The Balaban J connectivity index is 1.56. The van der Waals surface area contributed by atoms with Crippen LogP contribution in [0.25, 0.3) is 0 Å². The number of hydrogen-bond acceptors (Lipinski definition) is 5. The summed E-state index contributed by atoms with van der Waals surface area (Å²) >= 11 is 1.52. The summed E-state index contributed by atoms with van der Waals surface area (Å²) in [6.07, 6.45) is 2.04. The van der Waals surface area contributed by atoms with Crippen molar-refractivity contribution in [1.29, 1.82) is 0 Å². The minimum atomic E-state index is -0.359. The summed E-state index contributed by atoms with van der Waals surface area (Å²) in [5, 5.41) is 3.78. The number of carbonyl (C=O) groups excluding carboxylic acids is 2. The van der Waals surface area contributed by atoms with E-state index in [2.05, 4.69) is 0 Å². The molecule has 0 saturated carbocycles. The van der Waals surface area contributed by atoms with E-state index in [9.17, 15) is 9.59 Å². The second kappa shape index (κ2) is 7.42. The molecule has 0 radical (unpaired) electrons. The second-order valence-electron chi connectivity index (χ2n) is 6.04. The summed E-state index contributed by atoms with van der Waals surface area (Å²) in [6.45, 7) is 2.98. The second-order valence-corrected chi connectivity index (χ2v) is 6.82. The number of carbonyl (C=O) groups is 2. The van der Waals surface area contributed by atoms with Gasteiger partial charge in [0.2, 0.25) is 0 Å². The molecule has 2 N–H and O–H groups in total. The molecule has 126 valence electrons. The molecule has 0 aliphatic carbocycles. The molecule has 2 aliphatic heterocycles. The van der Waals surface area contributed by atoms with Crippen LogP contribution < -0.4 is 5.73 Å². The van der Waals surface area contributed by atoms with Gasteiger partial charge < -0.3 is 20.3 Å². The predicted molar refractivity (Wildman–Crippen MR) is 88.4 cm³/mol. The predicted octanol–water partition coefficient (Wildman–Crippen LogP) is 0.929. The molecule has 1 aromatic heterocycles. The average Bonchev–Trinajstić information content (AvgIpc) is 3.21. The lowest BCUT2D eigenvalue weighted by atomic mass is 10.2. The molecule has 0 aromatic carbocycles. The zero-order valence-electron chi connectivity index (χ0n) is 13.1. The normalized spacial score (nSPS) is 25.4. The van der Waals surface area contributed by atoms with Crippen LogP contribution in [0.3, 0.4) is 0 Å². The number of nitrogens with two attached hydrogens (primary N) is 1. The van der Waals surface area contributed by atoms with Gasteiger partial charge in [0.15, 0.2) is 0 Å². The summed E-state index contributed by atoms with van der Waals surface area (Å²) in [6, 6.07) is 1.85. The molecular formula is C16H23N3O3S. The zero-order chi connectivity index (χ0) is 16.2. The minimum Gasteiger partial charge on any atom is -0.364 e. The first-order valence-electron chi connectivity index (χ1n) is 8.15. The lowest BCUT2D eigenvalue weighted by molar-refractivity contribution is -0.142. The third-order valence-corrected chi connectivity index (χ3v) is 5.19. The molecule has 0 spiro atoms. The fraction of sp³-hybridized carbons (Fsp3) is 0.625. The molecule has 0 unspecified atom stereocenters. The van der Waals surface area contributed by atoms with Gasteiger partial charge in [-0.2, -0.15) is 11.3 Å². The fourth-order valence-electron chi connectivity index (χ4n) is 3.17. The van der Waals surface area contributed by atoms with Gasteiger partial charge >= 0.3 is 0 Å². The zero-order valence-corrected chi connectivity index (χ0v) is 14.0. The highest BCUT2D eigenvalue weighted by molar-refractivity contribution is 7.08. The lowest BCUT2D eigenvalue weighted by Crippen LogP contribution is -2.42. The molecule has 7 heteroatoms. The van der Waals surface area contributed by atoms with Crippen molar-refractivity contribution in [3.63, 3.8) is 0 Å². The number of nitrogens with zero attached hydrogens (tertiary/aromatic N) is 2. The van der Waals surface area contributed by atoms with Crippen molar-refractivity contribution in [3.8, 4) is 0 Å². The van der Waals surface area contributed by atoms with Gasteiger partial charge in [-0.05, 0) is 30.7 Å². The molecule has 2 fully saturated rings. The van der Waals surface area contributed by atoms with E-state index in [-0.39, 0.29) is 24.0 Å². The summed E-state index contributed by atoms with van der Waals surface area (Å²) in [7, 11) is 0. The maximum absolute atomic E-state index is 12.6. The van der Waals surface area contributed by atoms with E-state index in [1.807, 2.05) is 26.6 Å². The van der Waals surface area contributed by atoms with E-state index in [1.54, 1.807) is 0 Å². The van der Waals surface area contributed by atoms with Crippen molar-refractivity contribution in [2.45, 2.75) is 31.5 Å². The third kappa shape index (κ3) is 3.73. The molecule has 2 atom stereocenters. The first-order chi connectivity index (χ1) is 11.2. The van der Waals surface area contributed by atoms with Crippen LogP contribution in [0.15, 0.2) is 16.8 Å². The van der Waals surface area contributed by atoms with E-state index in [0.29, 0.717) is 32.7 Å². The van der Waals surface area contributed by atoms with Gasteiger partial charge in [-0.1, -0.05) is 0 Å². The van der Waals surface area contributed by atoms with Gasteiger partial charge in [-0.3, -0.25) is 9.59 Å². The molecule has 3 rings (SSSR count). The molecule has 0 bridgehead atoms. The summed E-state index contributed by atoms with van der Waals surface area (Å²) in [5.74, 6) is 0.103. The van der Waals surface area contributed by atoms with E-state index in [0.717, 1.165) is 24.8 Å². The number of thiophene rings is 1. The average molecular weight is 337 g/mol. The van der Waals surface area contributed by atoms with Crippen LogP contribution in [0.4, 0.5) is 0 Å². The van der Waals surface area contributed by atoms with Crippen molar-refractivity contribution in [1.82, 2.24) is 9.80 Å². The maximum Gasteiger partial charge on any atom is 0.254 e. The summed E-state index contributed by atoms with van der Waals surface area (Å²) in [5.41, 5.74) is 6.34. The SMILES string of the molecule is NC[C@H]1CC[C@@H](C(=O)N2CCCN(C(=O)c3ccsc3)CC2)O1. The molecule has 6 nitrogen and oxygen atoms in total. The summed E-state index contributed by atoms with van der Waals surface area (Å²) in [4.78, 5) is 28.7. The Hall–Kier alpha value is -1.44. The Labute approximate surface area is 140 Å². The maximum atomic E-state index is 12.6. The molecular weight excluding hydrogens is 314 g/mol. The van der Waals surface area contributed by atoms with Gasteiger partial charge in [-0.25, -0.2) is 0 Å². The molecule has 1 aromatic rings.